The van der Waals surface area contributed by atoms with Crippen LogP contribution in [0.2, 0.25) is 0 Å². The maximum Gasteiger partial charge on any atom is 0.270 e. The second-order valence-corrected chi connectivity index (χ2v) is 7.37. The first-order chi connectivity index (χ1) is 13.7. The largest absolute Gasteiger partial charge is 0.496 e. The molecule has 3 rings (SSSR count). The number of aromatic nitrogens is 2. The molecule has 1 aliphatic carbocycles. The fourth-order valence-electron chi connectivity index (χ4n) is 3.67. The molecule has 0 radical (unpaired) electrons. The predicted molar refractivity (Wildman–Crippen MR) is 111 cm³/mol. The molecule has 1 aromatic carbocycles. The highest BCUT2D eigenvalue weighted by Gasteiger charge is 2.17. The smallest absolute Gasteiger partial charge is 0.270 e. The van der Waals surface area contributed by atoms with Gasteiger partial charge < -0.3 is 15.4 Å². The SMILES string of the molecule is COc1ccccc1CCNc1nc(C)cc(C(=O)NC2CCCCCC2)n1. The van der Waals surface area contributed by atoms with Gasteiger partial charge in [0.1, 0.15) is 11.4 Å². The van der Waals surface area contributed by atoms with Crippen LogP contribution in [-0.4, -0.2) is 35.6 Å². The van der Waals surface area contributed by atoms with Gasteiger partial charge in [-0.05, 0) is 43.9 Å². The number of methoxy groups -OCH3 is 1. The zero-order valence-electron chi connectivity index (χ0n) is 16.8. The summed E-state index contributed by atoms with van der Waals surface area (Å²) in [5, 5.41) is 6.39. The Labute approximate surface area is 167 Å². The van der Waals surface area contributed by atoms with Gasteiger partial charge in [0, 0.05) is 18.3 Å². The van der Waals surface area contributed by atoms with Crippen LogP contribution >= 0.6 is 0 Å². The molecular weight excluding hydrogens is 352 g/mol. The number of anilines is 1. The van der Waals surface area contributed by atoms with Gasteiger partial charge in [-0.1, -0.05) is 43.9 Å². The minimum absolute atomic E-state index is 0.106. The predicted octanol–water partition coefficient (Wildman–Crippen LogP) is 3.90. The number of hydrogen-bond acceptors (Lipinski definition) is 5. The fourth-order valence-corrected chi connectivity index (χ4v) is 3.67. The van der Waals surface area contributed by atoms with E-state index < -0.39 is 0 Å². The fraction of sp³-hybridized carbons (Fsp3) is 0.500. The van der Waals surface area contributed by atoms with E-state index in [-0.39, 0.29) is 11.9 Å². The van der Waals surface area contributed by atoms with Gasteiger partial charge in [-0.2, -0.15) is 0 Å². The lowest BCUT2D eigenvalue weighted by atomic mass is 10.1. The Morgan fingerprint density at radius 1 is 1.14 bits per heavy atom. The van der Waals surface area contributed by atoms with Crippen molar-refractivity contribution in [1.82, 2.24) is 15.3 Å². The van der Waals surface area contributed by atoms with Gasteiger partial charge in [-0.15, -0.1) is 0 Å². The molecule has 2 N–H and O–H groups in total. The third kappa shape index (κ3) is 5.68. The van der Waals surface area contributed by atoms with E-state index in [2.05, 4.69) is 20.6 Å². The summed E-state index contributed by atoms with van der Waals surface area (Å²) in [6, 6.07) is 9.96. The van der Waals surface area contributed by atoms with Crippen molar-refractivity contribution in [3.05, 3.63) is 47.3 Å². The van der Waals surface area contributed by atoms with Gasteiger partial charge in [0.2, 0.25) is 5.95 Å². The highest BCUT2D eigenvalue weighted by molar-refractivity contribution is 5.92. The summed E-state index contributed by atoms with van der Waals surface area (Å²) in [5.74, 6) is 1.25. The topological polar surface area (TPSA) is 76.1 Å². The van der Waals surface area contributed by atoms with Crippen molar-refractivity contribution in [3.8, 4) is 5.75 Å². The van der Waals surface area contributed by atoms with E-state index in [0.717, 1.165) is 36.3 Å². The Morgan fingerprint density at radius 2 is 1.89 bits per heavy atom. The summed E-state index contributed by atoms with van der Waals surface area (Å²) in [4.78, 5) is 21.5. The van der Waals surface area contributed by atoms with Crippen LogP contribution in [0, 0.1) is 6.92 Å². The van der Waals surface area contributed by atoms with E-state index in [1.54, 1.807) is 13.2 Å². The number of rotatable bonds is 7. The molecular formula is C22H30N4O2. The van der Waals surface area contributed by atoms with E-state index >= 15 is 0 Å². The highest BCUT2D eigenvalue weighted by Crippen LogP contribution is 2.19. The average Bonchev–Trinajstić information content (AvgIpc) is 2.96. The van der Waals surface area contributed by atoms with Crippen LogP contribution in [0.5, 0.6) is 5.75 Å². The molecule has 0 unspecified atom stereocenters. The molecule has 150 valence electrons. The summed E-state index contributed by atoms with van der Waals surface area (Å²) in [5.41, 5.74) is 2.33. The molecule has 0 aliphatic heterocycles. The van der Waals surface area contributed by atoms with Gasteiger partial charge in [0.05, 0.1) is 7.11 Å². The van der Waals surface area contributed by atoms with Gasteiger partial charge in [0.25, 0.3) is 5.91 Å². The number of hydrogen-bond donors (Lipinski definition) is 2. The van der Waals surface area contributed by atoms with Crippen LogP contribution < -0.4 is 15.4 Å². The van der Waals surface area contributed by atoms with Crippen molar-refractivity contribution >= 4 is 11.9 Å². The molecule has 28 heavy (non-hydrogen) atoms. The molecule has 0 spiro atoms. The molecule has 6 heteroatoms. The molecule has 6 nitrogen and oxygen atoms in total. The van der Waals surface area contributed by atoms with Crippen molar-refractivity contribution in [3.63, 3.8) is 0 Å². The summed E-state index contributed by atoms with van der Waals surface area (Å²) in [6.45, 7) is 2.54. The van der Waals surface area contributed by atoms with Crippen LogP contribution in [0.25, 0.3) is 0 Å². The van der Waals surface area contributed by atoms with Crippen molar-refractivity contribution in [1.29, 1.82) is 0 Å². The number of carbonyl (C=O) groups excluding carboxylic acids is 1. The Hall–Kier alpha value is -2.63. The van der Waals surface area contributed by atoms with Gasteiger partial charge in [0.15, 0.2) is 0 Å². The maximum absolute atomic E-state index is 12.7. The molecule has 1 amide bonds. The minimum Gasteiger partial charge on any atom is -0.496 e. The first-order valence-corrected chi connectivity index (χ1v) is 10.2. The normalized spacial score (nSPS) is 14.9. The Balaban J connectivity index is 1.60. The van der Waals surface area contributed by atoms with E-state index in [4.69, 9.17) is 4.74 Å². The number of nitrogens with zero attached hydrogens (tertiary/aromatic N) is 2. The van der Waals surface area contributed by atoms with Gasteiger partial charge in [-0.3, -0.25) is 4.79 Å². The van der Waals surface area contributed by atoms with E-state index in [1.807, 2.05) is 31.2 Å². The third-order valence-electron chi connectivity index (χ3n) is 5.15. The zero-order valence-corrected chi connectivity index (χ0v) is 16.8. The number of nitrogens with one attached hydrogen (secondary N) is 2. The second-order valence-electron chi connectivity index (χ2n) is 7.37. The molecule has 1 aromatic heterocycles. The highest BCUT2D eigenvalue weighted by atomic mass is 16.5. The third-order valence-corrected chi connectivity index (χ3v) is 5.15. The molecule has 1 heterocycles. The molecule has 1 saturated carbocycles. The van der Waals surface area contributed by atoms with Crippen LogP contribution in [0.4, 0.5) is 5.95 Å². The van der Waals surface area contributed by atoms with Crippen molar-refractivity contribution in [2.24, 2.45) is 0 Å². The summed E-state index contributed by atoms with van der Waals surface area (Å²) in [7, 11) is 1.68. The Kier molecular flexibility index (Phi) is 7.23. The van der Waals surface area contributed by atoms with Crippen LogP contribution in [-0.2, 0) is 6.42 Å². The summed E-state index contributed by atoms with van der Waals surface area (Å²) in [6.07, 6.45) is 7.79. The number of carbonyl (C=O) groups is 1. The van der Waals surface area contributed by atoms with Crippen molar-refractivity contribution in [2.75, 3.05) is 19.0 Å². The van der Waals surface area contributed by atoms with E-state index in [0.29, 0.717) is 18.2 Å². The number of aryl methyl sites for hydroxylation is 1. The van der Waals surface area contributed by atoms with Crippen LogP contribution in [0.3, 0.4) is 0 Å². The first kappa shape index (κ1) is 20.1. The summed E-state index contributed by atoms with van der Waals surface area (Å²) >= 11 is 0. The molecule has 0 atom stereocenters. The zero-order chi connectivity index (χ0) is 19.8. The lowest BCUT2D eigenvalue weighted by Gasteiger charge is -2.16. The Morgan fingerprint density at radius 3 is 2.64 bits per heavy atom. The Bertz CT molecular complexity index is 786. The van der Waals surface area contributed by atoms with Crippen LogP contribution in [0.15, 0.2) is 30.3 Å². The lowest BCUT2D eigenvalue weighted by Crippen LogP contribution is -2.35. The monoisotopic (exact) mass is 382 g/mol. The van der Waals surface area contributed by atoms with E-state index in [1.165, 1.54) is 25.7 Å². The van der Waals surface area contributed by atoms with Crippen molar-refractivity contribution in [2.45, 2.75) is 57.9 Å². The van der Waals surface area contributed by atoms with E-state index in [9.17, 15) is 4.79 Å². The summed E-state index contributed by atoms with van der Waals surface area (Å²) < 4.78 is 5.39. The lowest BCUT2D eigenvalue weighted by molar-refractivity contribution is 0.0928. The second kappa shape index (κ2) is 10.1. The number of amides is 1. The molecule has 1 fully saturated rings. The van der Waals surface area contributed by atoms with Gasteiger partial charge in [-0.25, -0.2) is 9.97 Å². The number of ether oxygens (including phenoxy) is 1. The van der Waals surface area contributed by atoms with Crippen molar-refractivity contribution < 1.29 is 9.53 Å². The van der Waals surface area contributed by atoms with Gasteiger partial charge >= 0.3 is 0 Å². The number of para-hydroxylation sites is 1. The molecule has 2 aromatic rings. The first-order valence-electron chi connectivity index (χ1n) is 10.2. The van der Waals surface area contributed by atoms with Crippen LogP contribution in [0.1, 0.15) is 60.3 Å². The standard InChI is InChI=1S/C22H30N4O2/c1-16-15-19(21(27)25-18-10-5-3-4-6-11-18)26-22(24-16)23-14-13-17-9-7-8-12-20(17)28-2/h7-9,12,15,18H,3-6,10-11,13-14H2,1-2H3,(H,25,27)(H,23,24,26). The average molecular weight is 383 g/mol. The maximum atomic E-state index is 12.7. The quantitative estimate of drug-likeness (QED) is 0.710. The molecule has 1 aliphatic rings. The minimum atomic E-state index is -0.106. The molecule has 0 saturated heterocycles. The number of benzene rings is 1. The molecule has 0 bridgehead atoms.